The molecule has 0 bridgehead atoms. The molecule has 11 heteroatoms. The van der Waals surface area contributed by atoms with Crippen LogP contribution in [0.25, 0.3) is 0 Å². The Kier molecular flexibility index (Phi) is 13.9. The van der Waals surface area contributed by atoms with E-state index in [4.69, 9.17) is 25.7 Å². The quantitative estimate of drug-likeness (QED) is 0.165. The molecule has 0 spiro atoms. The van der Waals surface area contributed by atoms with Gasteiger partial charge in [-0.3, -0.25) is 9.59 Å². The van der Waals surface area contributed by atoms with Gasteiger partial charge in [0.1, 0.15) is 18.2 Å². The van der Waals surface area contributed by atoms with Crippen LogP contribution >= 0.6 is 0 Å². The van der Waals surface area contributed by atoms with Crippen LogP contribution in [0.2, 0.25) is 0 Å². The number of nitrogens with two attached hydrogens (primary N) is 2. The first-order valence-electron chi connectivity index (χ1n) is 18.1. The number of benzene rings is 2. The highest BCUT2D eigenvalue weighted by molar-refractivity contribution is 5.80. The largest absolute Gasteiger partial charge is 0.458 e. The third-order valence-corrected chi connectivity index (χ3v) is 10.2. The van der Waals surface area contributed by atoms with Crippen molar-refractivity contribution in [3.8, 4) is 0 Å². The number of rotatable bonds is 16. The summed E-state index contributed by atoms with van der Waals surface area (Å²) in [7, 11) is 0. The number of nitrogens with one attached hydrogen (secondary N) is 2. The lowest BCUT2D eigenvalue weighted by molar-refractivity contribution is -0.153. The van der Waals surface area contributed by atoms with E-state index in [0.29, 0.717) is 64.2 Å². The summed E-state index contributed by atoms with van der Waals surface area (Å²) in [5.41, 5.74) is 14.5. The Morgan fingerprint density at radius 3 is 2.47 bits per heavy atom. The average Bonchev–Trinajstić information content (AvgIpc) is 3.74. The third-order valence-electron chi connectivity index (χ3n) is 10.2. The highest BCUT2D eigenvalue weighted by Gasteiger charge is 2.39. The summed E-state index contributed by atoms with van der Waals surface area (Å²) in [5, 5.41) is 18.0. The van der Waals surface area contributed by atoms with Crippen molar-refractivity contribution in [3.63, 3.8) is 0 Å². The number of esters is 1. The van der Waals surface area contributed by atoms with E-state index in [9.17, 15) is 19.5 Å². The summed E-state index contributed by atoms with van der Waals surface area (Å²) in [6.45, 7) is 1.34. The number of hydrogen-bond acceptors (Lipinski definition) is 9. The van der Waals surface area contributed by atoms with Gasteiger partial charge in [0.2, 0.25) is 5.91 Å². The van der Waals surface area contributed by atoms with Crippen LogP contribution in [0.5, 0.6) is 0 Å². The Balaban J connectivity index is 1.33. The SMILES string of the molecule is NCCC[C@H](N)C(=O)O[C@@H]1Cc2ccccc2[C@@H]1NC(=O)[C@H](Cc1ccccc1)C[C@H](O)[C@H](CC1CCCCC1)NC(=O)O[C@H]1CCOC1. The van der Waals surface area contributed by atoms with Crippen molar-refractivity contribution in [1.29, 1.82) is 0 Å². The van der Waals surface area contributed by atoms with Crippen molar-refractivity contribution in [3.05, 3.63) is 71.3 Å². The van der Waals surface area contributed by atoms with E-state index < -0.39 is 48.3 Å². The van der Waals surface area contributed by atoms with Crippen molar-refractivity contribution < 1.29 is 33.7 Å². The zero-order valence-corrected chi connectivity index (χ0v) is 28.5. The van der Waals surface area contributed by atoms with Crippen molar-refractivity contribution >= 4 is 18.0 Å². The maximum absolute atomic E-state index is 14.3. The lowest BCUT2D eigenvalue weighted by Gasteiger charge is -2.32. The molecule has 3 aliphatic rings. The number of aliphatic hydroxyl groups excluding tert-OH is 1. The number of alkyl carbamates (subject to hydrolysis) is 1. The van der Waals surface area contributed by atoms with Gasteiger partial charge in [-0.15, -0.1) is 0 Å². The number of ether oxygens (including phenoxy) is 3. The zero-order valence-electron chi connectivity index (χ0n) is 28.5. The molecule has 1 heterocycles. The molecular formula is C38H54N4O7. The number of carbonyl (C=O) groups is 3. The molecule has 0 aromatic heterocycles. The minimum Gasteiger partial charge on any atom is -0.458 e. The average molecular weight is 679 g/mol. The van der Waals surface area contributed by atoms with Gasteiger partial charge in [-0.2, -0.15) is 0 Å². The lowest BCUT2D eigenvalue weighted by atomic mass is 9.82. The number of fused-ring (bicyclic) bond motifs is 1. The van der Waals surface area contributed by atoms with Gasteiger partial charge in [-0.05, 0) is 61.3 Å². The number of carbonyl (C=O) groups excluding carboxylic acids is 3. The first-order chi connectivity index (χ1) is 23.8. The maximum Gasteiger partial charge on any atom is 0.407 e. The van der Waals surface area contributed by atoms with Crippen LogP contribution in [-0.2, 0) is 36.6 Å². The fourth-order valence-corrected chi connectivity index (χ4v) is 7.48. The van der Waals surface area contributed by atoms with Gasteiger partial charge in [0, 0.05) is 18.8 Å². The minimum absolute atomic E-state index is 0.119. The van der Waals surface area contributed by atoms with Gasteiger partial charge in [-0.25, -0.2) is 4.79 Å². The number of aliphatic hydroxyl groups is 1. The zero-order chi connectivity index (χ0) is 34.6. The predicted molar refractivity (Wildman–Crippen MR) is 185 cm³/mol. The van der Waals surface area contributed by atoms with E-state index >= 15 is 0 Å². The first kappa shape index (κ1) is 36.8. The molecule has 2 aromatic rings. The molecule has 49 heavy (non-hydrogen) atoms. The second-order valence-electron chi connectivity index (χ2n) is 14.0. The standard InChI is InChI=1S/C38H54N4O7/c39-18-9-16-31(40)37(45)49-34-23-27-14-7-8-15-30(27)35(34)42-36(44)28(20-25-10-3-1-4-11-25)22-33(43)32(21-26-12-5-2-6-13-26)41-38(46)48-29-17-19-47-24-29/h1,3-4,7-8,10-11,14-15,26,28-29,31-35,43H,2,5-6,9,12-13,16-24,39-40H2,(H,41,46)(H,42,44)/t28-,29+,31+,32+,33+,34-,35+/m1/s1. The molecule has 1 saturated heterocycles. The monoisotopic (exact) mass is 678 g/mol. The molecule has 11 nitrogen and oxygen atoms in total. The van der Waals surface area contributed by atoms with Gasteiger partial charge in [0.25, 0.3) is 0 Å². The van der Waals surface area contributed by atoms with Crippen molar-refractivity contribution in [2.75, 3.05) is 19.8 Å². The molecule has 1 saturated carbocycles. The molecule has 2 aromatic carbocycles. The molecule has 1 aliphatic heterocycles. The van der Waals surface area contributed by atoms with E-state index in [-0.39, 0.29) is 18.4 Å². The van der Waals surface area contributed by atoms with E-state index in [0.717, 1.165) is 42.4 Å². The van der Waals surface area contributed by atoms with Crippen LogP contribution < -0.4 is 22.1 Å². The van der Waals surface area contributed by atoms with E-state index in [2.05, 4.69) is 10.6 Å². The molecule has 7 atom stereocenters. The van der Waals surface area contributed by atoms with Crippen molar-refractivity contribution in [2.45, 2.75) is 113 Å². The van der Waals surface area contributed by atoms with Gasteiger partial charge in [-0.1, -0.05) is 86.7 Å². The van der Waals surface area contributed by atoms with Crippen LogP contribution in [0.3, 0.4) is 0 Å². The van der Waals surface area contributed by atoms with Gasteiger partial charge >= 0.3 is 12.1 Å². The summed E-state index contributed by atoms with van der Waals surface area (Å²) in [6.07, 6.45) is 6.24. The normalized spacial score (nSPS) is 23.1. The van der Waals surface area contributed by atoms with Crippen LogP contribution in [0.1, 0.15) is 86.9 Å². The summed E-state index contributed by atoms with van der Waals surface area (Å²) in [5.74, 6) is -1.05. The Bertz CT molecular complexity index is 1350. The fraction of sp³-hybridized carbons (Fsp3) is 0.605. The molecule has 0 unspecified atom stereocenters. The summed E-state index contributed by atoms with van der Waals surface area (Å²) >= 11 is 0. The first-order valence-corrected chi connectivity index (χ1v) is 18.1. The topological polar surface area (TPSA) is 175 Å². The van der Waals surface area contributed by atoms with Gasteiger partial charge in [0.05, 0.1) is 31.4 Å². The minimum atomic E-state index is -1.00. The fourth-order valence-electron chi connectivity index (χ4n) is 7.48. The van der Waals surface area contributed by atoms with Crippen LogP contribution in [0.15, 0.2) is 54.6 Å². The Morgan fingerprint density at radius 2 is 1.73 bits per heavy atom. The predicted octanol–water partition coefficient (Wildman–Crippen LogP) is 3.84. The van der Waals surface area contributed by atoms with Crippen molar-refractivity contribution in [1.82, 2.24) is 10.6 Å². The van der Waals surface area contributed by atoms with Crippen LogP contribution in [0.4, 0.5) is 4.79 Å². The highest BCUT2D eigenvalue weighted by atomic mass is 16.6. The van der Waals surface area contributed by atoms with E-state index in [1.165, 1.54) is 6.42 Å². The Labute approximate surface area is 289 Å². The molecule has 2 aliphatic carbocycles. The molecule has 268 valence electrons. The second kappa shape index (κ2) is 18.5. The number of hydrogen-bond donors (Lipinski definition) is 5. The summed E-state index contributed by atoms with van der Waals surface area (Å²) in [4.78, 5) is 40.3. The van der Waals surface area contributed by atoms with Crippen LogP contribution in [0, 0.1) is 11.8 Å². The van der Waals surface area contributed by atoms with Gasteiger partial charge in [0.15, 0.2) is 0 Å². The lowest BCUT2D eigenvalue weighted by Crippen LogP contribution is -2.48. The maximum atomic E-state index is 14.3. The number of amides is 2. The van der Waals surface area contributed by atoms with Crippen molar-refractivity contribution in [2.24, 2.45) is 23.3 Å². The smallest absolute Gasteiger partial charge is 0.407 e. The molecule has 5 rings (SSSR count). The van der Waals surface area contributed by atoms with E-state index in [1.807, 2.05) is 54.6 Å². The molecule has 0 radical (unpaired) electrons. The molecule has 7 N–H and O–H groups in total. The van der Waals surface area contributed by atoms with Gasteiger partial charge < -0.3 is 41.4 Å². The Morgan fingerprint density at radius 1 is 0.980 bits per heavy atom. The molecule has 2 fully saturated rings. The molecular weight excluding hydrogens is 624 g/mol. The molecule has 2 amide bonds. The van der Waals surface area contributed by atoms with Crippen LogP contribution in [-0.4, -0.2) is 73.2 Å². The second-order valence-corrected chi connectivity index (χ2v) is 14.0. The summed E-state index contributed by atoms with van der Waals surface area (Å²) in [6, 6.07) is 15.5. The Hall–Kier alpha value is -3.51. The summed E-state index contributed by atoms with van der Waals surface area (Å²) < 4.78 is 16.9. The third kappa shape index (κ3) is 10.7. The highest BCUT2D eigenvalue weighted by Crippen LogP contribution is 2.35. The van der Waals surface area contributed by atoms with E-state index in [1.54, 1.807) is 0 Å².